The summed E-state index contributed by atoms with van der Waals surface area (Å²) in [4.78, 5) is 24.0. The number of amides is 1. The first-order chi connectivity index (χ1) is 8.04. The third kappa shape index (κ3) is 4.32. The molecule has 1 saturated heterocycles. The number of carbonyl (C=O) groups is 2. The summed E-state index contributed by atoms with van der Waals surface area (Å²) in [7, 11) is 0. The fourth-order valence-electron chi connectivity index (χ4n) is 1.97. The summed E-state index contributed by atoms with van der Waals surface area (Å²) in [6.45, 7) is 5.65. The normalized spacial score (nSPS) is 23.1. The van der Waals surface area contributed by atoms with E-state index in [0.29, 0.717) is 26.3 Å². The van der Waals surface area contributed by atoms with Gasteiger partial charge in [0.25, 0.3) is 0 Å². The van der Waals surface area contributed by atoms with E-state index in [1.54, 1.807) is 0 Å². The van der Waals surface area contributed by atoms with Crippen molar-refractivity contribution in [1.82, 2.24) is 10.2 Å². The van der Waals surface area contributed by atoms with Crippen LogP contribution in [0.5, 0.6) is 0 Å². The molecule has 0 aliphatic carbocycles. The minimum atomic E-state index is -0.999. The van der Waals surface area contributed by atoms with Crippen LogP contribution in [-0.2, 0) is 14.3 Å². The number of carboxylic acids is 1. The molecule has 2 atom stereocenters. The van der Waals surface area contributed by atoms with Crippen LogP contribution in [0.4, 0.5) is 0 Å². The van der Waals surface area contributed by atoms with Gasteiger partial charge < -0.3 is 15.2 Å². The van der Waals surface area contributed by atoms with Crippen molar-refractivity contribution in [3.8, 4) is 0 Å². The molecule has 17 heavy (non-hydrogen) atoms. The summed E-state index contributed by atoms with van der Waals surface area (Å²) in [5.41, 5.74) is 0. The zero-order valence-corrected chi connectivity index (χ0v) is 10.3. The number of carboxylic acid groups (broad SMARTS) is 1. The van der Waals surface area contributed by atoms with Crippen LogP contribution in [0.1, 0.15) is 20.3 Å². The summed E-state index contributed by atoms with van der Waals surface area (Å²) in [5, 5.41) is 11.5. The molecule has 98 valence electrons. The van der Waals surface area contributed by atoms with Crippen LogP contribution in [0.2, 0.25) is 0 Å². The van der Waals surface area contributed by atoms with Crippen molar-refractivity contribution in [2.75, 3.05) is 26.3 Å². The summed E-state index contributed by atoms with van der Waals surface area (Å²) in [6, 6.07) is -0.612. The topological polar surface area (TPSA) is 78.9 Å². The summed E-state index contributed by atoms with van der Waals surface area (Å²) in [5.74, 6) is -1.32. The molecule has 0 aromatic carbocycles. The number of nitrogens with zero attached hydrogens (tertiary/aromatic N) is 1. The van der Waals surface area contributed by atoms with Gasteiger partial charge in [0.1, 0.15) is 6.04 Å². The Hall–Kier alpha value is -1.14. The highest BCUT2D eigenvalue weighted by Crippen LogP contribution is 2.10. The van der Waals surface area contributed by atoms with Crippen molar-refractivity contribution in [2.45, 2.75) is 32.4 Å². The highest BCUT2D eigenvalue weighted by molar-refractivity contribution is 5.82. The van der Waals surface area contributed by atoms with Crippen molar-refractivity contribution >= 4 is 11.9 Å². The molecule has 1 aliphatic rings. The van der Waals surface area contributed by atoms with Gasteiger partial charge in [0.05, 0.1) is 13.2 Å². The van der Waals surface area contributed by atoms with Gasteiger partial charge in [0, 0.05) is 26.1 Å². The zero-order valence-electron chi connectivity index (χ0n) is 10.3. The van der Waals surface area contributed by atoms with Crippen molar-refractivity contribution in [2.24, 2.45) is 0 Å². The van der Waals surface area contributed by atoms with Crippen molar-refractivity contribution in [3.63, 3.8) is 0 Å². The molecule has 6 nitrogen and oxygen atoms in total. The van der Waals surface area contributed by atoms with E-state index in [4.69, 9.17) is 9.84 Å². The SMILES string of the molecule is CCC1COCCN1CC(NC(C)=O)C(=O)O. The first kappa shape index (κ1) is 13.9. The fourth-order valence-corrected chi connectivity index (χ4v) is 1.97. The minimum Gasteiger partial charge on any atom is -0.480 e. The first-order valence-electron chi connectivity index (χ1n) is 5.86. The predicted molar refractivity (Wildman–Crippen MR) is 61.7 cm³/mol. The monoisotopic (exact) mass is 244 g/mol. The van der Waals surface area contributed by atoms with E-state index in [-0.39, 0.29) is 11.9 Å². The van der Waals surface area contributed by atoms with Gasteiger partial charge in [-0.1, -0.05) is 6.92 Å². The highest BCUT2D eigenvalue weighted by atomic mass is 16.5. The number of ether oxygens (including phenoxy) is 1. The Kier molecular flexibility index (Phi) is 5.37. The Morgan fingerprint density at radius 2 is 2.29 bits per heavy atom. The second-order valence-corrected chi connectivity index (χ2v) is 4.22. The van der Waals surface area contributed by atoms with E-state index < -0.39 is 12.0 Å². The smallest absolute Gasteiger partial charge is 0.327 e. The molecule has 0 saturated carbocycles. The molecule has 1 aliphatic heterocycles. The third-order valence-corrected chi connectivity index (χ3v) is 2.91. The van der Waals surface area contributed by atoms with Crippen molar-refractivity contribution in [1.29, 1.82) is 0 Å². The molecule has 0 radical (unpaired) electrons. The maximum absolute atomic E-state index is 11.0. The Labute approximate surface area is 101 Å². The molecule has 1 rings (SSSR count). The average Bonchev–Trinajstić information content (AvgIpc) is 2.28. The first-order valence-corrected chi connectivity index (χ1v) is 5.86. The summed E-state index contributed by atoms with van der Waals surface area (Å²) in [6.07, 6.45) is 0.909. The Balaban J connectivity index is 2.57. The van der Waals surface area contributed by atoms with Gasteiger partial charge in [-0.3, -0.25) is 9.69 Å². The number of nitrogens with one attached hydrogen (secondary N) is 1. The van der Waals surface area contributed by atoms with Crippen LogP contribution in [-0.4, -0.2) is 60.3 Å². The Morgan fingerprint density at radius 1 is 1.59 bits per heavy atom. The number of aliphatic carboxylic acids is 1. The van der Waals surface area contributed by atoms with Gasteiger partial charge in [-0.15, -0.1) is 0 Å². The molecule has 1 amide bonds. The molecule has 0 aromatic heterocycles. The Morgan fingerprint density at radius 3 is 2.82 bits per heavy atom. The number of rotatable bonds is 5. The second kappa shape index (κ2) is 6.56. The van der Waals surface area contributed by atoms with Crippen LogP contribution in [0, 0.1) is 0 Å². The van der Waals surface area contributed by atoms with Gasteiger partial charge in [0.2, 0.25) is 5.91 Å². The van der Waals surface area contributed by atoms with E-state index >= 15 is 0 Å². The quantitative estimate of drug-likeness (QED) is 0.693. The van der Waals surface area contributed by atoms with Gasteiger partial charge in [-0.2, -0.15) is 0 Å². The highest BCUT2D eigenvalue weighted by Gasteiger charge is 2.27. The predicted octanol–water partition coefficient (Wildman–Crippen LogP) is -0.313. The van der Waals surface area contributed by atoms with Crippen LogP contribution < -0.4 is 5.32 Å². The maximum Gasteiger partial charge on any atom is 0.327 e. The number of morpholine rings is 1. The number of carbonyl (C=O) groups excluding carboxylic acids is 1. The standard InChI is InChI=1S/C11H20N2O4/c1-3-9-7-17-5-4-13(9)6-10(11(15)16)12-8(2)14/h9-10H,3-7H2,1-2H3,(H,12,14)(H,15,16). The maximum atomic E-state index is 11.0. The van der Waals surface area contributed by atoms with Crippen LogP contribution in [0.15, 0.2) is 0 Å². The number of hydrogen-bond acceptors (Lipinski definition) is 4. The van der Waals surface area contributed by atoms with Crippen molar-refractivity contribution < 1.29 is 19.4 Å². The summed E-state index contributed by atoms with van der Waals surface area (Å²) >= 11 is 0. The van der Waals surface area contributed by atoms with Crippen LogP contribution in [0.3, 0.4) is 0 Å². The molecule has 6 heteroatoms. The molecular formula is C11H20N2O4. The lowest BCUT2D eigenvalue weighted by molar-refractivity contribution is -0.142. The van der Waals surface area contributed by atoms with Gasteiger partial charge in [-0.05, 0) is 6.42 Å². The average molecular weight is 244 g/mol. The van der Waals surface area contributed by atoms with Crippen molar-refractivity contribution in [3.05, 3.63) is 0 Å². The lowest BCUT2D eigenvalue weighted by Crippen LogP contribution is -2.54. The van der Waals surface area contributed by atoms with E-state index in [9.17, 15) is 9.59 Å². The molecule has 1 fully saturated rings. The molecule has 0 spiro atoms. The lowest BCUT2D eigenvalue weighted by Gasteiger charge is -2.36. The van der Waals surface area contributed by atoms with Gasteiger partial charge in [-0.25, -0.2) is 4.79 Å². The fraction of sp³-hybridized carbons (Fsp3) is 0.818. The molecule has 0 aromatic rings. The zero-order chi connectivity index (χ0) is 12.8. The van der Waals surface area contributed by atoms with Crippen LogP contribution >= 0.6 is 0 Å². The van der Waals surface area contributed by atoms with E-state index in [1.807, 2.05) is 6.92 Å². The molecule has 0 bridgehead atoms. The molecule has 1 heterocycles. The lowest BCUT2D eigenvalue weighted by atomic mass is 10.1. The van der Waals surface area contributed by atoms with Gasteiger partial charge >= 0.3 is 5.97 Å². The summed E-state index contributed by atoms with van der Waals surface area (Å²) < 4.78 is 5.35. The second-order valence-electron chi connectivity index (χ2n) is 4.22. The van der Waals surface area contributed by atoms with E-state index in [2.05, 4.69) is 10.2 Å². The molecule has 2 N–H and O–H groups in total. The largest absolute Gasteiger partial charge is 0.480 e. The third-order valence-electron chi connectivity index (χ3n) is 2.91. The molecular weight excluding hydrogens is 224 g/mol. The number of hydrogen-bond donors (Lipinski definition) is 2. The molecule has 2 unspecified atom stereocenters. The van der Waals surface area contributed by atoms with E-state index in [1.165, 1.54) is 6.92 Å². The Bertz CT molecular complexity index is 283. The van der Waals surface area contributed by atoms with Gasteiger partial charge in [0.15, 0.2) is 0 Å². The minimum absolute atomic E-state index is 0.236. The van der Waals surface area contributed by atoms with E-state index in [0.717, 1.165) is 6.42 Å². The van der Waals surface area contributed by atoms with Crippen LogP contribution in [0.25, 0.3) is 0 Å².